The van der Waals surface area contributed by atoms with Crippen LogP contribution in [0.4, 0.5) is 4.39 Å². The Bertz CT molecular complexity index is 544. The summed E-state index contributed by atoms with van der Waals surface area (Å²) in [6.45, 7) is 2.63. The van der Waals surface area contributed by atoms with Crippen LogP contribution in [0.1, 0.15) is 24.3 Å². The third-order valence-electron chi connectivity index (χ3n) is 2.61. The minimum Gasteiger partial charge on any atom is -0.466 e. The topological polar surface area (TPSA) is 25.2 Å². The van der Waals surface area contributed by atoms with Crippen LogP contribution >= 0.6 is 27.5 Å². The fourth-order valence-corrected chi connectivity index (χ4v) is 2.41. The minimum atomic E-state index is -0.423. The van der Waals surface area contributed by atoms with E-state index in [0.717, 1.165) is 4.47 Å². The number of halogens is 3. The standard InChI is InChI=1S/C13H12BrClFNO/c1-2-17-12(13-9(14)6-7-18-13)8-4-3-5-10(15)11(8)16/h3-7,12,17H,2H2,1H3. The van der Waals surface area contributed by atoms with Gasteiger partial charge in [0.15, 0.2) is 0 Å². The van der Waals surface area contributed by atoms with E-state index in [2.05, 4.69) is 21.2 Å². The molecule has 5 heteroatoms. The predicted molar refractivity (Wildman–Crippen MR) is 73.3 cm³/mol. The predicted octanol–water partition coefficient (Wildman–Crippen LogP) is 4.53. The van der Waals surface area contributed by atoms with E-state index in [4.69, 9.17) is 16.0 Å². The monoisotopic (exact) mass is 331 g/mol. The van der Waals surface area contributed by atoms with Crippen LogP contribution in [0.5, 0.6) is 0 Å². The molecule has 0 aliphatic carbocycles. The molecule has 0 aliphatic rings. The molecule has 1 heterocycles. The van der Waals surface area contributed by atoms with Crippen LogP contribution in [0.15, 0.2) is 39.4 Å². The highest BCUT2D eigenvalue weighted by molar-refractivity contribution is 9.10. The first kappa shape index (κ1) is 13.6. The number of hydrogen-bond acceptors (Lipinski definition) is 2. The molecular weight excluding hydrogens is 321 g/mol. The largest absolute Gasteiger partial charge is 0.466 e. The zero-order valence-electron chi connectivity index (χ0n) is 9.71. The Balaban J connectivity index is 2.48. The van der Waals surface area contributed by atoms with Gasteiger partial charge < -0.3 is 9.73 Å². The second-order valence-electron chi connectivity index (χ2n) is 3.77. The van der Waals surface area contributed by atoms with Crippen LogP contribution in [0.3, 0.4) is 0 Å². The first-order valence-corrected chi connectivity index (χ1v) is 6.72. The van der Waals surface area contributed by atoms with E-state index in [-0.39, 0.29) is 11.1 Å². The maximum Gasteiger partial charge on any atom is 0.147 e. The van der Waals surface area contributed by atoms with Crippen molar-refractivity contribution in [2.24, 2.45) is 0 Å². The molecule has 0 aliphatic heterocycles. The average Bonchev–Trinajstić information content (AvgIpc) is 2.76. The van der Waals surface area contributed by atoms with Gasteiger partial charge in [-0.05, 0) is 34.6 Å². The highest BCUT2D eigenvalue weighted by atomic mass is 79.9. The summed E-state index contributed by atoms with van der Waals surface area (Å²) in [5.74, 6) is 0.214. The Labute approximate surface area is 118 Å². The summed E-state index contributed by atoms with van der Waals surface area (Å²) in [5, 5.41) is 3.30. The van der Waals surface area contributed by atoms with Gasteiger partial charge >= 0.3 is 0 Å². The van der Waals surface area contributed by atoms with E-state index in [9.17, 15) is 4.39 Å². The molecule has 1 N–H and O–H groups in total. The van der Waals surface area contributed by atoms with Crippen LogP contribution in [0.25, 0.3) is 0 Å². The summed E-state index contributed by atoms with van der Waals surface area (Å²) in [6.07, 6.45) is 1.56. The lowest BCUT2D eigenvalue weighted by atomic mass is 10.0. The molecule has 0 amide bonds. The van der Waals surface area contributed by atoms with Crippen molar-refractivity contribution < 1.29 is 8.81 Å². The molecule has 18 heavy (non-hydrogen) atoms. The van der Waals surface area contributed by atoms with Crippen molar-refractivity contribution in [3.05, 3.63) is 57.2 Å². The van der Waals surface area contributed by atoms with Gasteiger partial charge in [-0.2, -0.15) is 0 Å². The van der Waals surface area contributed by atoms with E-state index < -0.39 is 5.82 Å². The number of rotatable bonds is 4. The van der Waals surface area contributed by atoms with Crippen LogP contribution in [-0.4, -0.2) is 6.54 Å². The zero-order chi connectivity index (χ0) is 13.1. The first-order valence-electron chi connectivity index (χ1n) is 5.55. The summed E-state index contributed by atoms with van der Waals surface area (Å²) in [4.78, 5) is 0. The molecule has 0 bridgehead atoms. The van der Waals surface area contributed by atoms with Crippen molar-refractivity contribution in [2.45, 2.75) is 13.0 Å². The lowest BCUT2D eigenvalue weighted by Crippen LogP contribution is -2.23. The Morgan fingerprint density at radius 2 is 2.22 bits per heavy atom. The summed E-state index contributed by atoms with van der Waals surface area (Å²) < 4.78 is 20.3. The maximum atomic E-state index is 14.1. The van der Waals surface area contributed by atoms with E-state index in [0.29, 0.717) is 17.9 Å². The molecule has 1 atom stereocenters. The van der Waals surface area contributed by atoms with Crippen LogP contribution < -0.4 is 5.32 Å². The molecule has 0 saturated carbocycles. The lowest BCUT2D eigenvalue weighted by molar-refractivity contribution is 0.439. The zero-order valence-corrected chi connectivity index (χ0v) is 12.1. The Kier molecular flexibility index (Phi) is 4.43. The summed E-state index contributed by atoms with van der Waals surface area (Å²) >= 11 is 9.20. The molecule has 2 rings (SSSR count). The molecule has 0 spiro atoms. The second-order valence-corrected chi connectivity index (χ2v) is 5.03. The normalized spacial score (nSPS) is 12.7. The molecule has 2 nitrogen and oxygen atoms in total. The van der Waals surface area contributed by atoms with Gasteiger partial charge in [0.1, 0.15) is 11.6 Å². The first-order chi connectivity index (χ1) is 8.65. The van der Waals surface area contributed by atoms with Crippen molar-refractivity contribution in [1.82, 2.24) is 5.32 Å². The summed E-state index contributed by atoms with van der Waals surface area (Å²) in [7, 11) is 0. The molecule has 96 valence electrons. The highest BCUT2D eigenvalue weighted by Gasteiger charge is 2.23. The van der Waals surface area contributed by atoms with E-state index in [1.54, 1.807) is 24.5 Å². The molecule has 0 radical (unpaired) electrons. The van der Waals surface area contributed by atoms with Crippen molar-refractivity contribution in [3.8, 4) is 0 Å². The third-order valence-corrected chi connectivity index (χ3v) is 3.55. The maximum absolute atomic E-state index is 14.1. The van der Waals surface area contributed by atoms with E-state index in [1.165, 1.54) is 6.07 Å². The molecule has 1 aromatic carbocycles. The van der Waals surface area contributed by atoms with Gasteiger partial charge in [-0.1, -0.05) is 30.7 Å². The number of benzene rings is 1. The smallest absolute Gasteiger partial charge is 0.147 e. The van der Waals surface area contributed by atoms with E-state index >= 15 is 0 Å². The quantitative estimate of drug-likeness (QED) is 0.889. The Morgan fingerprint density at radius 3 is 2.83 bits per heavy atom. The van der Waals surface area contributed by atoms with Crippen molar-refractivity contribution >= 4 is 27.5 Å². The van der Waals surface area contributed by atoms with Crippen LogP contribution in [0.2, 0.25) is 5.02 Å². The molecule has 0 saturated heterocycles. The van der Waals surface area contributed by atoms with Gasteiger partial charge in [0.25, 0.3) is 0 Å². The second kappa shape index (κ2) is 5.87. The fraction of sp³-hybridized carbons (Fsp3) is 0.231. The molecule has 2 aromatic rings. The lowest BCUT2D eigenvalue weighted by Gasteiger charge is -2.17. The highest BCUT2D eigenvalue weighted by Crippen LogP contribution is 2.32. The van der Waals surface area contributed by atoms with Crippen molar-refractivity contribution in [1.29, 1.82) is 0 Å². The van der Waals surface area contributed by atoms with Gasteiger partial charge in [-0.3, -0.25) is 0 Å². The molecular formula is C13H12BrClFNO. The van der Waals surface area contributed by atoms with E-state index in [1.807, 2.05) is 6.92 Å². The van der Waals surface area contributed by atoms with Crippen LogP contribution in [0, 0.1) is 5.82 Å². The number of nitrogens with one attached hydrogen (secondary N) is 1. The van der Waals surface area contributed by atoms with Gasteiger partial charge in [-0.25, -0.2) is 4.39 Å². The molecule has 1 unspecified atom stereocenters. The number of hydrogen-bond donors (Lipinski definition) is 1. The fourth-order valence-electron chi connectivity index (χ4n) is 1.80. The third kappa shape index (κ3) is 2.60. The Morgan fingerprint density at radius 1 is 1.44 bits per heavy atom. The van der Waals surface area contributed by atoms with Gasteiger partial charge in [0.05, 0.1) is 21.8 Å². The molecule has 1 aromatic heterocycles. The van der Waals surface area contributed by atoms with Crippen molar-refractivity contribution in [2.75, 3.05) is 6.54 Å². The van der Waals surface area contributed by atoms with Crippen LogP contribution in [-0.2, 0) is 0 Å². The van der Waals surface area contributed by atoms with Gasteiger partial charge in [0, 0.05) is 5.56 Å². The molecule has 0 fully saturated rings. The Hall–Kier alpha value is -0.840. The average molecular weight is 333 g/mol. The summed E-state index contributed by atoms with van der Waals surface area (Å²) in [5.41, 5.74) is 0.472. The SMILES string of the molecule is CCNC(c1cccc(Cl)c1F)c1occc1Br. The minimum absolute atomic E-state index is 0.109. The van der Waals surface area contributed by atoms with Crippen molar-refractivity contribution in [3.63, 3.8) is 0 Å². The van der Waals surface area contributed by atoms with Gasteiger partial charge in [0.2, 0.25) is 0 Å². The van der Waals surface area contributed by atoms with Gasteiger partial charge in [-0.15, -0.1) is 0 Å². The number of furan rings is 1. The summed E-state index contributed by atoms with van der Waals surface area (Å²) in [6, 6.07) is 6.37.